The molecule has 0 radical (unpaired) electrons. The molecule has 0 saturated carbocycles. The van der Waals surface area contributed by atoms with Gasteiger partial charge in [0.25, 0.3) is 0 Å². The SMILES string of the molecule is C/C=C1/CNCC[C@H]1C(=O)c1cc2ccccc2[nH]1. The third-order valence-corrected chi connectivity index (χ3v) is 3.87. The molecule has 1 atom stereocenters. The predicted molar refractivity (Wildman–Crippen MR) is 77.4 cm³/mol. The van der Waals surface area contributed by atoms with E-state index in [0.717, 1.165) is 36.1 Å². The van der Waals surface area contributed by atoms with Crippen LogP contribution >= 0.6 is 0 Å². The van der Waals surface area contributed by atoms with Crippen LogP contribution in [0.25, 0.3) is 10.9 Å². The van der Waals surface area contributed by atoms with Gasteiger partial charge in [-0.3, -0.25) is 4.79 Å². The lowest BCUT2D eigenvalue weighted by Crippen LogP contribution is -2.34. The van der Waals surface area contributed by atoms with Crippen LogP contribution in [-0.4, -0.2) is 23.9 Å². The van der Waals surface area contributed by atoms with Crippen molar-refractivity contribution in [3.63, 3.8) is 0 Å². The first-order chi connectivity index (χ1) is 9.29. The third-order valence-electron chi connectivity index (χ3n) is 3.87. The Labute approximate surface area is 112 Å². The van der Waals surface area contributed by atoms with Crippen molar-refractivity contribution in [3.05, 3.63) is 47.7 Å². The fourth-order valence-corrected chi connectivity index (χ4v) is 2.78. The molecule has 2 N–H and O–H groups in total. The van der Waals surface area contributed by atoms with Gasteiger partial charge in [0.1, 0.15) is 0 Å². The smallest absolute Gasteiger partial charge is 0.186 e. The van der Waals surface area contributed by atoms with Gasteiger partial charge in [0.05, 0.1) is 5.69 Å². The summed E-state index contributed by atoms with van der Waals surface area (Å²) in [5, 5.41) is 4.42. The summed E-state index contributed by atoms with van der Waals surface area (Å²) < 4.78 is 0. The monoisotopic (exact) mass is 254 g/mol. The number of hydrogen-bond acceptors (Lipinski definition) is 2. The van der Waals surface area contributed by atoms with Crippen LogP contribution in [0.2, 0.25) is 0 Å². The summed E-state index contributed by atoms with van der Waals surface area (Å²) in [6.45, 7) is 3.74. The van der Waals surface area contributed by atoms with Crippen molar-refractivity contribution in [3.8, 4) is 0 Å². The highest BCUT2D eigenvalue weighted by molar-refractivity contribution is 6.02. The quantitative estimate of drug-likeness (QED) is 0.639. The first kappa shape index (κ1) is 12.2. The third kappa shape index (κ3) is 2.22. The Balaban J connectivity index is 1.94. The number of ketones is 1. The largest absolute Gasteiger partial charge is 0.352 e. The van der Waals surface area contributed by atoms with Crippen molar-refractivity contribution in [1.29, 1.82) is 0 Å². The van der Waals surface area contributed by atoms with Crippen molar-refractivity contribution >= 4 is 16.7 Å². The summed E-state index contributed by atoms with van der Waals surface area (Å²) in [6, 6.07) is 9.97. The highest BCUT2D eigenvalue weighted by Gasteiger charge is 2.26. The van der Waals surface area contributed by atoms with E-state index in [2.05, 4.69) is 16.4 Å². The van der Waals surface area contributed by atoms with E-state index in [-0.39, 0.29) is 11.7 Å². The number of carbonyl (C=O) groups excluding carboxylic acids is 1. The Morgan fingerprint density at radius 2 is 2.21 bits per heavy atom. The van der Waals surface area contributed by atoms with Crippen molar-refractivity contribution in [2.24, 2.45) is 5.92 Å². The van der Waals surface area contributed by atoms with Gasteiger partial charge in [0, 0.05) is 23.4 Å². The minimum atomic E-state index is 0.0271. The zero-order valence-electron chi connectivity index (χ0n) is 11.1. The van der Waals surface area contributed by atoms with Gasteiger partial charge in [0.15, 0.2) is 5.78 Å². The standard InChI is InChI=1S/C16H18N2O/c1-2-11-10-17-8-7-13(11)16(19)15-9-12-5-3-4-6-14(12)18-15/h2-6,9,13,17-18H,7-8,10H2,1H3/b11-2-/t13-/m1/s1. The number of aromatic amines is 1. The number of allylic oxidation sites excluding steroid dienone is 1. The Bertz CT molecular complexity index is 606. The van der Waals surface area contributed by atoms with Crippen LogP contribution in [0.15, 0.2) is 42.0 Å². The highest BCUT2D eigenvalue weighted by Crippen LogP contribution is 2.24. The molecule has 3 rings (SSSR count). The van der Waals surface area contributed by atoms with Gasteiger partial charge < -0.3 is 10.3 Å². The zero-order chi connectivity index (χ0) is 13.2. The van der Waals surface area contributed by atoms with Crippen LogP contribution < -0.4 is 5.32 Å². The van der Waals surface area contributed by atoms with Crippen molar-refractivity contribution in [1.82, 2.24) is 10.3 Å². The van der Waals surface area contributed by atoms with Crippen LogP contribution in [0.4, 0.5) is 0 Å². The molecule has 98 valence electrons. The average Bonchev–Trinajstić information content (AvgIpc) is 2.90. The number of hydrogen-bond donors (Lipinski definition) is 2. The van der Waals surface area contributed by atoms with Crippen LogP contribution in [0.5, 0.6) is 0 Å². The van der Waals surface area contributed by atoms with Gasteiger partial charge in [0.2, 0.25) is 0 Å². The van der Waals surface area contributed by atoms with Crippen molar-refractivity contribution in [2.45, 2.75) is 13.3 Å². The van der Waals surface area contributed by atoms with Crippen LogP contribution in [0.3, 0.4) is 0 Å². The number of rotatable bonds is 2. The summed E-state index contributed by atoms with van der Waals surface area (Å²) in [5.41, 5.74) is 2.96. The maximum Gasteiger partial charge on any atom is 0.186 e. The van der Waals surface area contributed by atoms with E-state index in [4.69, 9.17) is 0 Å². The fraction of sp³-hybridized carbons (Fsp3) is 0.312. The number of Topliss-reactive ketones (excluding diaryl/α,β-unsaturated/α-hetero) is 1. The topological polar surface area (TPSA) is 44.9 Å². The van der Waals surface area contributed by atoms with E-state index in [0.29, 0.717) is 0 Å². The maximum atomic E-state index is 12.6. The van der Waals surface area contributed by atoms with Gasteiger partial charge in [-0.2, -0.15) is 0 Å². The molecule has 1 aromatic carbocycles. The van der Waals surface area contributed by atoms with Gasteiger partial charge in [-0.15, -0.1) is 0 Å². The molecule has 3 heteroatoms. The number of nitrogens with one attached hydrogen (secondary N) is 2. The van der Waals surface area contributed by atoms with Gasteiger partial charge in [-0.05, 0) is 37.6 Å². The molecule has 2 aromatic rings. The van der Waals surface area contributed by atoms with E-state index in [1.165, 1.54) is 5.57 Å². The number of aromatic nitrogens is 1. The molecule has 0 amide bonds. The summed E-state index contributed by atoms with van der Waals surface area (Å²) >= 11 is 0. The fourth-order valence-electron chi connectivity index (χ4n) is 2.78. The van der Waals surface area contributed by atoms with Crippen LogP contribution in [0, 0.1) is 5.92 Å². The highest BCUT2D eigenvalue weighted by atomic mass is 16.1. The number of piperidine rings is 1. The lowest BCUT2D eigenvalue weighted by atomic mass is 9.87. The van der Waals surface area contributed by atoms with Crippen LogP contribution in [0.1, 0.15) is 23.8 Å². The van der Waals surface area contributed by atoms with Gasteiger partial charge in [-0.1, -0.05) is 24.3 Å². The Hall–Kier alpha value is -1.87. The van der Waals surface area contributed by atoms with E-state index >= 15 is 0 Å². The number of para-hydroxylation sites is 1. The lowest BCUT2D eigenvalue weighted by Gasteiger charge is -2.24. The molecule has 1 aliphatic heterocycles. The van der Waals surface area contributed by atoms with E-state index in [1.807, 2.05) is 37.3 Å². The summed E-state index contributed by atoms with van der Waals surface area (Å²) in [6.07, 6.45) is 2.95. The molecule has 2 heterocycles. The van der Waals surface area contributed by atoms with Gasteiger partial charge >= 0.3 is 0 Å². The molecule has 0 unspecified atom stereocenters. The summed E-state index contributed by atoms with van der Waals surface area (Å²) in [7, 11) is 0. The number of carbonyl (C=O) groups is 1. The Kier molecular flexibility index (Phi) is 3.22. The second-order valence-electron chi connectivity index (χ2n) is 5.02. The number of benzene rings is 1. The lowest BCUT2D eigenvalue weighted by molar-refractivity contribution is 0.0922. The molecular formula is C16H18N2O. The summed E-state index contributed by atoms with van der Waals surface area (Å²) in [4.78, 5) is 15.9. The molecule has 0 spiro atoms. The zero-order valence-corrected chi connectivity index (χ0v) is 11.1. The first-order valence-electron chi connectivity index (χ1n) is 6.77. The molecule has 1 aliphatic rings. The molecule has 0 aliphatic carbocycles. The maximum absolute atomic E-state index is 12.6. The second kappa shape index (κ2) is 5.02. The van der Waals surface area contributed by atoms with E-state index in [9.17, 15) is 4.79 Å². The second-order valence-corrected chi connectivity index (χ2v) is 5.02. The van der Waals surface area contributed by atoms with Gasteiger partial charge in [-0.25, -0.2) is 0 Å². The summed E-state index contributed by atoms with van der Waals surface area (Å²) in [5.74, 6) is 0.241. The number of fused-ring (bicyclic) bond motifs is 1. The molecule has 0 bridgehead atoms. The predicted octanol–water partition coefficient (Wildman–Crippen LogP) is 2.91. The minimum absolute atomic E-state index is 0.0271. The first-order valence-corrected chi connectivity index (χ1v) is 6.77. The number of H-pyrrole nitrogens is 1. The van der Waals surface area contributed by atoms with Crippen molar-refractivity contribution < 1.29 is 4.79 Å². The molecular weight excluding hydrogens is 236 g/mol. The van der Waals surface area contributed by atoms with Crippen LogP contribution in [-0.2, 0) is 0 Å². The molecule has 1 fully saturated rings. The van der Waals surface area contributed by atoms with E-state index in [1.54, 1.807) is 0 Å². The molecule has 1 aromatic heterocycles. The van der Waals surface area contributed by atoms with Crippen molar-refractivity contribution in [2.75, 3.05) is 13.1 Å². The average molecular weight is 254 g/mol. The molecule has 1 saturated heterocycles. The minimum Gasteiger partial charge on any atom is -0.352 e. The molecule has 19 heavy (non-hydrogen) atoms. The van der Waals surface area contributed by atoms with E-state index < -0.39 is 0 Å². The Morgan fingerprint density at radius 1 is 1.37 bits per heavy atom. The Morgan fingerprint density at radius 3 is 3.00 bits per heavy atom. The molecule has 3 nitrogen and oxygen atoms in total. The normalized spacial score (nSPS) is 21.9.